The van der Waals surface area contributed by atoms with Gasteiger partial charge in [-0.1, -0.05) is 18.2 Å². The zero-order valence-corrected chi connectivity index (χ0v) is 10.5. The first-order valence-electron chi connectivity index (χ1n) is 5.98. The number of aliphatic hydroxyl groups is 3. The second-order valence-corrected chi connectivity index (χ2v) is 4.53. The number of hydrogen-bond donors (Lipinski definition) is 3. The van der Waals surface area contributed by atoms with Crippen molar-refractivity contribution in [2.45, 2.75) is 17.8 Å². The van der Waals surface area contributed by atoms with Crippen molar-refractivity contribution in [2.24, 2.45) is 0 Å². The van der Waals surface area contributed by atoms with Crippen molar-refractivity contribution in [3.05, 3.63) is 48.0 Å². The molecule has 0 aromatic heterocycles. The molecule has 6 nitrogen and oxygen atoms in total. The van der Waals surface area contributed by atoms with Gasteiger partial charge in [-0.05, 0) is 24.3 Å². The van der Waals surface area contributed by atoms with Crippen molar-refractivity contribution in [3.8, 4) is 0 Å². The number of rotatable bonds is 3. The third-order valence-corrected chi connectivity index (χ3v) is 3.12. The van der Waals surface area contributed by atoms with E-state index in [-0.39, 0.29) is 5.56 Å². The number of ketones is 1. The molecule has 2 rings (SSSR count). The molecule has 1 aliphatic carbocycles. The van der Waals surface area contributed by atoms with E-state index in [1.54, 1.807) is 18.2 Å². The van der Waals surface area contributed by atoms with Crippen LogP contribution in [-0.2, 0) is 9.53 Å². The number of esters is 1. The van der Waals surface area contributed by atoms with Crippen LogP contribution in [0.25, 0.3) is 0 Å². The van der Waals surface area contributed by atoms with Crippen molar-refractivity contribution >= 4 is 11.8 Å². The van der Waals surface area contributed by atoms with Crippen molar-refractivity contribution in [1.29, 1.82) is 0 Å². The molecule has 106 valence electrons. The second kappa shape index (κ2) is 5.54. The predicted molar refractivity (Wildman–Crippen MR) is 67.8 cm³/mol. The zero-order valence-electron chi connectivity index (χ0n) is 10.5. The Balaban J connectivity index is 2.08. The van der Waals surface area contributed by atoms with Gasteiger partial charge in [-0.15, -0.1) is 0 Å². The molecule has 0 radical (unpaired) electrons. The predicted octanol–water partition coefficient (Wildman–Crippen LogP) is -0.565. The number of aliphatic hydroxyl groups excluding tert-OH is 2. The SMILES string of the molecule is O=C(OCC1(O)C(=O)C=CC(O)C1O)c1ccccc1. The van der Waals surface area contributed by atoms with Gasteiger partial charge in [0.1, 0.15) is 18.8 Å². The molecule has 0 amide bonds. The number of hydrogen-bond acceptors (Lipinski definition) is 6. The quantitative estimate of drug-likeness (QED) is 0.640. The minimum atomic E-state index is -2.33. The Labute approximate surface area is 114 Å². The standard InChI is InChI=1S/C14H14O6/c15-10-6-7-11(16)14(19,12(10)17)8-20-13(18)9-4-2-1-3-5-9/h1-7,10,12,15,17,19H,8H2. The lowest BCUT2D eigenvalue weighted by Crippen LogP contribution is -2.59. The van der Waals surface area contributed by atoms with Crippen molar-refractivity contribution in [1.82, 2.24) is 0 Å². The van der Waals surface area contributed by atoms with Crippen molar-refractivity contribution in [3.63, 3.8) is 0 Å². The summed E-state index contributed by atoms with van der Waals surface area (Å²) >= 11 is 0. The molecule has 20 heavy (non-hydrogen) atoms. The summed E-state index contributed by atoms with van der Waals surface area (Å²) in [5.74, 6) is -1.56. The first-order valence-corrected chi connectivity index (χ1v) is 5.98. The summed E-state index contributed by atoms with van der Waals surface area (Å²) in [6.45, 7) is -0.734. The molecule has 0 heterocycles. The molecule has 1 aromatic carbocycles. The molecular formula is C14H14O6. The van der Waals surface area contributed by atoms with E-state index in [1.807, 2.05) is 0 Å². The summed E-state index contributed by atoms with van der Waals surface area (Å²) in [5, 5.41) is 29.2. The van der Waals surface area contributed by atoms with Gasteiger partial charge in [0, 0.05) is 0 Å². The highest BCUT2D eigenvalue weighted by atomic mass is 16.5. The average Bonchev–Trinajstić information content (AvgIpc) is 2.48. The number of carbonyl (C=O) groups excluding carboxylic acids is 2. The molecule has 3 atom stereocenters. The third-order valence-electron chi connectivity index (χ3n) is 3.12. The Hall–Kier alpha value is -2.02. The summed E-state index contributed by atoms with van der Waals surface area (Å²) in [5.41, 5.74) is -2.08. The van der Waals surface area contributed by atoms with E-state index in [0.29, 0.717) is 0 Å². The second-order valence-electron chi connectivity index (χ2n) is 4.53. The molecule has 0 bridgehead atoms. The fraction of sp³-hybridized carbons (Fsp3) is 0.286. The van der Waals surface area contributed by atoms with Gasteiger partial charge in [0.2, 0.25) is 0 Å². The molecule has 0 fully saturated rings. The minimum absolute atomic E-state index is 0.255. The van der Waals surface area contributed by atoms with Crippen LogP contribution in [0.15, 0.2) is 42.5 Å². The Morgan fingerprint density at radius 2 is 1.90 bits per heavy atom. The molecule has 3 unspecified atom stereocenters. The molecular weight excluding hydrogens is 264 g/mol. The first kappa shape index (κ1) is 14.4. The molecule has 0 aliphatic heterocycles. The third kappa shape index (κ3) is 2.62. The number of benzene rings is 1. The maximum atomic E-state index is 11.7. The first-order chi connectivity index (χ1) is 9.45. The molecule has 0 spiro atoms. The molecule has 3 N–H and O–H groups in total. The van der Waals surface area contributed by atoms with E-state index in [0.717, 1.165) is 12.2 Å². The Kier molecular flexibility index (Phi) is 3.99. The lowest BCUT2D eigenvalue weighted by Gasteiger charge is -2.34. The Morgan fingerprint density at radius 1 is 1.25 bits per heavy atom. The molecule has 6 heteroatoms. The van der Waals surface area contributed by atoms with Crippen molar-refractivity contribution < 1.29 is 29.6 Å². The van der Waals surface area contributed by atoms with Crippen LogP contribution in [0.4, 0.5) is 0 Å². The van der Waals surface area contributed by atoms with E-state index in [2.05, 4.69) is 0 Å². The summed E-state index contributed by atoms with van der Waals surface area (Å²) in [4.78, 5) is 23.3. The van der Waals surface area contributed by atoms with Crippen LogP contribution >= 0.6 is 0 Å². The average molecular weight is 278 g/mol. The molecule has 0 saturated carbocycles. The normalized spacial score (nSPS) is 29.2. The maximum absolute atomic E-state index is 11.7. The molecule has 0 saturated heterocycles. The van der Waals surface area contributed by atoms with E-state index in [9.17, 15) is 24.9 Å². The van der Waals surface area contributed by atoms with Crippen LogP contribution in [0, 0.1) is 0 Å². The van der Waals surface area contributed by atoms with E-state index < -0.39 is 36.2 Å². The van der Waals surface area contributed by atoms with Gasteiger partial charge in [0.05, 0.1) is 5.56 Å². The molecule has 1 aromatic rings. The van der Waals surface area contributed by atoms with Gasteiger partial charge < -0.3 is 20.1 Å². The molecule has 1 aliphatic rings. The highest BCUT2D eigenvalue weighted by Crippen LogP contribution is 2.22. The van der Waals surface area contributed by atoms with Crippen LogP contribution < -0.4 is 0 Å². The van der Waals surface area contributed by atoms with Gasteiger partial charge in [0.15, 0.2) is 11.4 Å². The smallest absolute Gasteiger partial charge is 0.338 e. The number of ether oxygens (including phenoxy) is 1. The summed E-state index contributed by atoms with van der Waals surface area (Å²) in [6.07, 6.45) is -1.12. The topological polar surface area (TPSA) is 104 Å². The van der Waals surface area contributed by atoms with Crippen LogP contribution in [0.3, 0.4) is 0 Å². The van der Waals surface area contributed by atoms with Crippen LogP contribution in [0.1, 0.15) is 10.4 Å². The van der Waals surface area contributed by atoms with Gasteiger partial charge in [0.25, 0.3) is 0 Å². The van der Waals surface area contributed by atoms with Gasteiger partial charge in [-0.25, -0.2) is 4.79 Å². The van der Waals surface area contributed by atoms with Gasteiger partial charge >= 0.3 is 5.97 Å². The minimum Gasteiger partial charge on any atom is -0.458 e. The van der Waals surface area contributed by atoms with Crippen LogP contribution in [0.2, 0.25) is 0 Å². The number of carbonyl (C=O) groups is 2. The fourth-order valence-electron chi connectivity index (χ4n) is 1.85. The lowest BCUT2D eigenvalue weighted by atomic mass is 9.84. The summed E-state index contributed by atoms with van der Waals surface area (Å²) in [6, 6.07) is 8.03. The summed E-state index contributed by atoms with van der Waals surface area (Å²) < 4.78 is 4.84. The van der Waals surface area contributed by atoms with Crippen LogP contribution in [-0.4, -0.2) is 51.5 Å². The van der Waals surface area contributed by atoms with E-state index in [4.69, 9.17) is 4.74 Å². The highest BCUT2D eigenvalue weighted by molar-refractivity contribution is 5.99. The van der Waals surface area contributed by atoms with E-state index in [1.165, 1.54) is 12.1 Å². The highest BCUT2D eigenvalue weighted by Gasteiger charge is 2.48. The van der Waals surface area contributed by atoms with E-state index >= 15 is 0 Å². The van der Waals surface area contributed by atoms with Crippen molar-refractivity contribution in [2.75, 3.05) is 6.61 Å². The van der Waals surface area contributed by atoms with Crippen LogP contribution in [0.5, 0.6) is 0 Å². The van der Waals surface area contributed by atoms with Gasteiger partial charge in [-0.3, -0.25) is 4.79 Å². The maximum Gasteiger partial charge on any atom is 0.338 e. The summed E-state index contributed by atoms with van der Waals surface area (Å²) in [7, 11) is 0. The zero-order chi connectivity index (χ0) is 14.8. The monoisotopic (exact) mass is 278 g/mol. The Bertz CT molecular complexity index is 538. The Morgan fingerprint density at radius 3 is 2.55 bits per heavy atom. The fourth-order valence-corrected chi connectivity index (χ4v) is 1.85. The lowest BCUT2D eigenvalue weighted by molar-refractivity contribution is -0.165. The van der Waals surface area contributed by atoms with Gasteiger partial charge in [-0.2, -0.15) is 0 Å². The largest absolute Gasteiger partial charge is 0.458 e.